The summed E-state index contributed by atoms with van der Waals surface area (Å²) >= 11 is 0. The molecule has 1 aliphatic heterocycles. The van der Waals surface area contributed by atoms with Gasteiger partial charge in [-0.3, -0.25) is 4.79 Å². The van der Waals surface area contributed by atoms with Crippen molar-refractivity contribution in [1.29, 1.82) is 0 Å². The third-order valence-corrected chi connectivity index (χ3v) is 6.48. The van der Waals surface area contributed by atoms with Crippen LogP contribution in [0.4, 0.5) is 16.2 Å². The molecule has 4 rings (SSSR count). The topological polar surface area (TPSA) is 126 Å². The molecule has 8 nitrogen and oxygen atoms in total. The molecule has 3 aromatic rings. The van der Waals surface area contributed by atoms with Gasteiger partial charge >= 0.3 is 6.03 Å². The maximum Gasteiger partial charge on any atom is 0.319 e. The number of carbonyl (C=O) groups excluding carboxylic acids is 2. The second-order valence-corrected chi connectivity index (χ2v) is 9.08. The monoisotopic (exact) mass is 486 g/mol. The van der Waals surface area contributed by atoms with E-state index in [9.17, 15) is 9.59 Å². The molecule has 0 unspecified atom stereocenters. The summed E-state index contributed by atoms with van der Waals surface area (Å²) < 4.78 is 0. The first-order valence-electron chi connectivity index (χ1n) is 12.3. The zero-order chi connectivity index (χ0) is 25.3. The molecule has 0 saturated carbocycles. The van der Waals surface area contributed by atoms with Gasteiger partial charge in [-0.2, -0.15) is 0 Å². The predicted octanol–water partition coefficient (Wildman–Crippen LogP) is 3.54. The molecule has 3 amide bonds. The second-order valence-electron chi connectivity index (χ2n) is 9.08. The summed E-state index contributed by atoms with van der Waals surface area (Å²) in [5.41, 5.74) is 15.8. The molecule has 1 heterocycles. The SMILES string of the molecule is NC(N)C(=O)Nc1cccc(C2CCN(CCNC(=O)Nc3ccc(-c4ccccc4)cc3)CC2)c1. The van der Waals surface area contributed by atoms with Gasteiger partial charge in [-0.05, 0) is 72.8 Å². The first-order valence-corrected chi connectivity index (χ1v) is 12.3. The number of hydrogen-bond acceptors (Lipinski definition) is 5. The van der Waals surface area contributed by atoms with Crippen LogP contribution in [0.2, 0.25) is 0 Å². The Kier molecular flexibility index (Phi) is 8.67. The normalized spacial score (nSPS) is 14.4. The van der Waals surface area contributed by atoms with E-state index in [1.54, 1.807) is 0 Å². The number of nitrogens with zero attached hydrogens (tertiary/aromatic N) is 1. The van der Waals surface area contributed by atoms with E-state index in [2.05, 4.69) is 39.0 Å². The number of carbonyl (C=O) groups is 2. The predicted molar refractivity (Wildman–Crippen MR) is 145 cm³/mol. The highest BCUT2D eigenvalue weighted by atomic mass is 16.2. The molecule has 188 valence electrons. The van der Waals surface area contributed by atoms with Crippen LogP contribution in [0.3, 0.4) is 0 Å². The Morgan fingerprint density at radius 1 is 0.833 bits per heavy atom. The fourth-order valence-electron chi connectivity index (χ4n) is 4.47. The van der Waals surface area contributed by atoms with Crippen LogP contribution < -0.4 is 27.4 Å². The Hall–Kier alpha value is -3.72. The number of amides is 3. The van der Waals surface area contributed by atoms with Crippen LogP contribution in [0.1, 0.15) is 24.3 Å². The van der Waals surface area contributed by atoms with Gasteiger partial charge in [0.2, 0.25) is 0 Å². The molecular formula is C28H34N6O2. The quantitative estimate of drug-likeness (QED) is 0.312. The van der Waals surface area contributed by atoms with E-state index in [0.29, 0.717) is 18.2 Å². The smallest absolute Gasteiger partial charge is 0.319 e. The number of rotatable bonds is 8. The third-order valence-electron chi connectivity index (χ3n) is 6.48. The Bertz CT molecular complexity index is 1140. The lowest BCUT2D eigenvalue weighted by Gasteiger charge is -2.32. The molecule has 0 bridgehead atoms. The lowest BCUT2D eigenvalue weighted by molar-refractivity contribution is -0.117. The first kappa shape index (κ1) is 25.4. The molecular weight excluding hydrogens is 452 g/mol. The van der Waals surface area contributed by atoms with Gasteiger partial charge in [-0.25, -0.2) is 4.79 Å². The molecule has 0 spiro atoms. The van der Waals surface area contributed by atoms with Crippen LogP contribution in [0, 0.1) is 0 Å². The van der Waals surface area contributed by atoms with Crippen molar-refractivity contribution in [2.75, 3.05) is 36.8 Å². The summed E-state index contributed by atoms with van der Waals surface area (Å²) in [6.07, 6.45) is 1.01. The van der Waals surface area contributed by atoms with Crippen LogP contribution in [0.5, 0.6) is 0 Å². The maximum absolute atomic E-state index is 12.3. The summed E-state index contributed by atoms with van der Waals surface area (Å²) in [6, 6.07) is 25.7. The average Bonchev–Trinajstić information content (AvgIpc) is 2.90. The van der Waals surface area contributed by atoms with E-state index < -0.39 is 12.1 Å². The van der Waals surface area contributed by atoms with Gasteiger partial charge in [-0.1, -0.05) is 54.6 Å². The number of urea groups is 1. The summed E-state index contributed by atoms with van der Waals surface area (Å²) in [4.78, 5) is 26.4. The highest BCUT2D eigenvalue weighted by molar-refractivity contribution is 5.94. The molecule has 0 atom stereocenters. The summed E-state index contributed by atoms with van der Waals surface area (Å²) in [5, 5.41) is 8.60. The molecule has 8 heteroatoms. The summed E-state index contributed by atoms with van der Waals surface area (Å²) in [6.45, 7) is 3.30. The van der Waals surface area contributed by atoms with E-state index in [4.69, 9.17) is 11.5 Å². The number of nitrogens with two attached hydrogens (primary N) is 2. The van der Waals surface area contributed by atoms with Crippen molar-refractivity contribution in [3.63, 3.8) is 0 Å². The highest BCUT2D eigenvalue weighted by Crippen LogP contribution is 2.29. The van der Waals surface area contributed by atoms with Crippen LogP contribution >= 0.6 is 0 Å². The van der Waals surface area contributed by atoms with E-state index in [0.717, 1.165) is 49.3 Å². The Balaban J connectivity index is 1.17. The first-order chi connectivity index (χ1) is 17.5. The molecule has 1 aliphatic rings. The minimum atomic E-state index is -1.03. The second kappa shape index (κ2) is 12.3. The van der Waals surface area contributed by atoms with Crippen molar-refractivity contribution in [3.8, 4) is 11.1 Å². The number of benzene rings is 3. The number of piperidine rings is 1. The Labute approximate surface area is 212 Å². The fraction of sp³-hybridized carbons (Fsp3) is 0.286. The molecule has 3 aromatic carbocycles. The zero-order valence-electron chi connectivity index (χ0n) is 20.3. The number of anilines is 2. The van der Waals surface area contributed by atoms with E-state index >= 15 is 0 Å². The fourth-order valence-corrected chi connectivity index (χ4v) is 4.47. The summed E-state index contributed by atoms with van der Waals surface area (Å²) in [5.74, 6) is 0.0301. The third kappa shape index (κ3) is 7.14. The van der Waals surface area contributed by atoms with Gasteiger partial charge in [0, 0.05) is 24.5 Å². The van der Waals surface area contributed by atoms with Gasteiger partial charge in [0.1, 0.15) is 6.17 Å². The lowest BCUT2D eigenvalue weighted by atomic mass is 9.89. The molecule has 1 saturated heterocycles. The van der Waals surface area contributed by atoms with E-state index in [-0.39, 0.29) is 6.03 Å². The molecule has 0 radical (unpaired) electrons. The molecule has 7 N–H and O–H groups in total. The average molecular weight is 487 g/mol. The van der Waals surface area contributed by atoms with Crippen LogP contribution in [-0.2, 0) is 4.79 Å². The van der Waals surface area contributed by atoms with Crippen molar-refractivity contribution in [2.24, 2.45) is 11.5 Å². The Morgan fingerprint density at radius 2 is 1.53 bits per heavy atom. The minimum Gasteiger partial charge on any atom is -0.337 e. The molecule has 0 aliphatic carbocycles. The zero-order valence-corrected chi connectivity index (χ0v) is 20.3. The Morgan fingerprint density at radius 3 is 2.22 bits per heavy atom. The number of hydrogen-bond donors (Lipinski definition) is 5. The van der Waals surface area contributed by atoms with Gasteiger partial charge in [0.15, 0.2) is 0 Å². The van der Waals surface area contributed by atoms with Crippen LogP contribution in [-0.4, -0.2) is 49.2 Å². The van der Waals surface area contributed by atoms with Crippen molar-refractivity contribution in [1.82, 2.24) is 10.2 Å². The van der Waals surface area contributed by atoms with Gasteiger partial charge in [-0.15, -0.1) is 0 Å². The largest absolute Gasteiger partial charge is 0.337 e. The number of likely N-dealkylation sites (tertiary alicyclic amines) is 1. The van der Waals surface area contributed by atoms with Gasteiger partial charge in [0.25, 0.3) is 5.91 Å². The number of nitrogens with one attached hydrogen (secondary N) is 3. The van der Waals surface area contributed by atoms with E-state index in [1.807, 2.05) is 60.7 Å². The standard InChI is InChI=1S/C28H34N6O2/c29-26(30)27(35)32-25-8-4-7-23(19-25)22-13-16-34(17-14-22)18-15-31-28(36)33-24-11-9-21(10-12-24)20-5-2-1-3-6-20/h1-12,19,22,26H,13-18,29-30H2,(H,32,35)(H2,31,33,36). The molecule has 1 fully saturated rings. The summed E-state index contributed by atoms with van der Waals surface area (Å²) in [7, 11) is 0. The van der Waals surface area contributed by atoms with Crippen molar-refractivity contribution < 1.29 is 9.59 Å². The lowest BCUT2D eigenvalue weighted by Crippen LogP contribution is -2.43. The van der Waals surface area contributed by atoms with Gasteiger partial charge in [0.05, 0.1) is 0 Å². The maximum atomic E-state index is 12.3. The van der Waals surface area contributed by atoms with Crippen molar-refractivity contribution >= 4 is 23.3 Å². The van der Waals surface area contributed by atoms with Crippen molar-refractivity contribution in [2.45, 2.75) is 24.9 Å². The van der Waals surface area contributed by atoms with Gasteiger partial charge < -0.3 is 32.3 Å². The van der Waals surface area contributed by atoms with Crippen LogP contribution in [0.15, 0.2) is 78.9 Å². The van der Waals surface area contributed by atoms with Crippen molar-refractivity contribution in [3.05, 3.63) is 84.4 Å². The minimum absolute atomic E-state index is 0.201. The molecule has 36 heavy (non-hydrogen) atoms. The molecule has 0 aromatic heterocycles. The highest BCUT2D eigenvalue weighted by Gasteiger charge is 2.21. The van der Waals surface area contributed by atoms with Crippen LogP contribution in [0.25, 0.3) is 11.1 Å². The van der Waals surface area contributed by atoms with E-state index in [1.165, 1.54) is 5.56 Å².